The van der Waals surface area contributed by atoms with E-state index in [4.69, 9.17) is 5.11 Å². The third-order valence-corrected chi connectivity index (χ3v) is 5.40. The molecule has 2 heterocycles. The summed E-state index contributed by atoms with van der Waals surface area (Å²) in [6.07, 6.45) is -0.628. The summed E-state index contributed by atoms with van der Waals surface area (Å²) < 4.78 is 56.4. The second kappa shape index (κ2) is 6.96. The molecule has 0 saturated heterocycles. The minimum absolute atomic E-state index is 0.0212. The van der Waals surface area contributed by atoms with Crippen LogP contribution in [0.15, 0.2) is 35.1 Å². The van der Waals surface area contributed by atoms with E-state index >= 15 is 0 Å². The van der Waals surface area contributed by atoms with E-state index in [-0.39, 0.29) is 32.7 Å². The van der Waals surface area contributed by atoms with E-state index in [0.29, 0.717) is 6.07 Å². The fraction of sp³-hybridized carbons (Fsp3) is 0.105. The van der Waals surface area contributed by atoms with Crippen molar-refractivity contribution >= 4 is 38.4 Å². The van der Waals surface area contributed by atoms with Gasteiger partial charge in [0, 0.05) is 17.0 Å². The Morgan fingerprint density at radius 1 is 1.10 bits per heavy atom. The molecule has 2 aromatic heterocycles. The molecular formula is C19H10F4N2O3S. The lowest BCUT2D eigenvalue weighted by molar-refractivity contribution is -0.136. The predicted octanol–water partition coefficient (Wildman–Crippen LogP) is 3.84. The first kappa shape index (κ1) is 19.1. The summed E-state index contributed by atoms with van der Waals surface area (Å²) in [6.45, 7) is -0.300. The molecule has 0 spiro atoms. The highest BCUT2D eigenvalue weighted by Crippen LogP contribution is 2.29. The Bertz CT molecular complexity index is 1360. The molecule has 0 aliphatic rings. The Hall–Kier alpha value is -3.27. The van der Waals surface area contributed by atoms with Gasteiger partial charge in [-0.15, -0.1) is 11.3 Å². The van der Waals surface area contributed by atoms with Gasteiger partial charge in [0.1, 0.15) is 22.2 Å². The largest absolute Gasteiger partial charge is 0.481 e. The smallest absolute Gasteiger partial charge is 0.308 e. The summed E-state index contributed by atoms with van der Waals surface area (Å²) in [5.74, 6) is -5.63. The van der Waals surface area contributed by atoms with Gasteiger partial charge in [-0.2, -0.15) is 0 Å². The third-order valence-electron chi connectivity index (χ3n) is 4.35. The second-order valence-electron chi connectivity index (χ2n) is 6.24. The molecule has 0 aliphatic carbocycles. The van der Waals surface area contributed by atoms with Crippen LogP contribution in [0.2, 0.25) is 0 Å². The number of pyridine rings is 1. The van der Waals surface area contributed by atoms with Gasteiger partial charge in [-0.25, -0.2) is 22.5 Å². The Labute approximate surface area is 163 Å². The van der Waals surface area contributed by atoms with Gasteiger partial charge in [0.2, 0.25) is 0 Å². The molecule has 4 aromatic rings. The van der Waals surface area contributed by atoms with Crippen molar-refractivity contribution in [3.8, 4) is 0 Å². The number of fused-ring (bicyclic) bond motifs is 2. The van der Waals surface area contributed by atoms with Crippen LogP contribution in [0.3, 0.4) is 0 Å². The first-order valence-corrected chi connectivity index (χ1v) is 9.03. The molecular weight excluding hydrogens is 412 g/mol. The highest BCUT2D eigenvalue weighted by atomic mass is 32.1. The van der Waals surface area contributed by atoms with Crippen LogP contribution in [-0.4, -0.2) is 20.6 Å². The number of carbonyl (C=O) groups is 1. The number of benzene rings is 2. The van der Waals surface area contributed by atoms with Crippen LogP contribution in [0.1, 0.15) is 10.6 Å². The molecule has 148 valence electrons. The molecule has 4 rings (SSSR count). The van der Waals surface area contributed by atoms with E-state index < -0.39 is 46.7 Å². The summed E-state index contributed by atoms with van der Waals surface area (Å²) in [5, 5.41) is 9.12. The average molecular weight is 422 g/mol. The lowest BCUT2D eigenvalue weighted by Crippen LogP contribution is -2.26. The molecule has 0 atom stereocenters. The quantitative estimate of drug-likeness (QED) is 0.401. The lowest BCUT2D eigenvalue weighted by atomic mass is 10.1. The number of aromatic nitrogens is 2. The van der Waals surface area contributed by atoms with Gasteiger partial charge in [0.25, 0.3) is 5.56 Å². The van der Waals surface area contributed by atoms with Gasteiger partial charge in [-0.1, -0.05) is 6.07 Å². The number of hydrogen-bond donors (Lipinski definition) is 1. The maximum absolute atomic E-state index is 14.3. The van der Waals surface area contributed by atoms with Crippen LogP contribution in [-0.2, 0) is 17.8 Å². The number of halogens is 4. The molecule has 5 nitrogen and oxygen atoms in total. The number of thiazole rings is 1. The molecule has 0 fully saturated rings. The standard InChI is InChI=1S/C19H10F4N2O3S/c20-10-2-1-3-13-9(10)4-8(5-15(26)27)19(28)25(13)7-14-24-17-16(23)11(21)6-12(22)18(17)29-14/h1-4,6H,5,7H2,(H,26,27). The van der Waals surface area contributed by atoms with Gasteiger partial charge in [-0.3, -0.25) is 9.59 Å². The molecule has 0 amide bonds. The van der Waals surface area contributed by atoms with Gasteiger partial charge in [0.05, 0.1) is 23.2 Å². The Balaban J connectivity index is 1.93. The zero-order valence-corrected chi connectivity index (χ0v) is 15.2. The molecule has 2 aromatic carbocycles. The van der Waals surface area contributed by atoms with E-state index in [1.165, 1.54) is 18.2 Å². The maximum atomic E-state index is 14.3. The van der Waals surface area contributed by atoms with Gasteiger partial charge >= 0.3 is 5.97 Å². The number of carboxylic acids is 1. The third kappa shape index (κ3) is 3.25. The number of nitrogens with zero attached hydrogens (tertiary/aromatic N) is 2. The van der Waals surface area contributed by atoms with E-state index in [2.05, 4.69) is 4.98 Å². The van der Waals surface area contributed by atoms with Crippen molar-refractivity contribution < 1.29 is 27.5 Å². The molecule has 0 aliphatic heterocycles. The Morgan fingerprint density at radius 3 is 2.59 bits per heavy atom. The van der Waals surface area contributed by atoms with Crippen LogP contribution >= 0.6 is 11.3 Å². The molecule has 0 radical (unpaired) electrons. The zero-order chi connectivity index (χ0) is 20.9. The first-order valence-electron chi connectivity index (χ1n) is 8.22. The monoisotopic (exact) mass is 422 g/mol. The number of carboxylic acid groups (broad SMARTS) is 1. The number of hydrogen-bond acceptors (Lipinski definition) is 4. The van der Waals surface area contributed by atoms with E-state index in [9.17, 15) is 27.2 Å². The van der Waals surface area contributed by atoms with E-state index in [1.807, 2.05) is 0 Å². The first-order chi connectivity index (χ1) is 13.8. The van der Waals surface area contributed by atoms with Crippen molar-refractivity contribution in [3.05, 3.63) is 74.5 Å². The summed E-state index contributed by atoms with van der Waals surface area (Å²) in [4.78, 5) is 27.7. The number of aliphatic carboxylic acids is 1. The van der Waals surface area contributed by atoms with Gasteiger partial charge in [-0.05, 0) is 18.2 Å². The van der Waals surface area contributed by atoms with Crippen molar-refractivity contribution in [2.24, 2.45) is 0 Å². The Kier molecular flexibility index (Phi) is 4.58. The van der Waals surface area contributed by atoms with E-state index in [0.717, 1.165) is 22.0 Å². The second-order valence-corrected chi connectivity index (χ2v) is 7.33. The lowest BCUT2D eigenvalue weighted by Gasteiger charge is -2.11. The molecule has 0 saturated carbocycles. The summed E-state index contributed by atoms with van der Waals surface area (Å²) >= 11 is 0.720. The SMILES string of the molecule is O=C(O)Cc1cc2c(F)cccc2n(Cc2nc3c(F)c(F)cc(F)c3s2)c1=O. The van der Waals surface area contributed by atoms with Crippen LogP contribution in [0.25, 0.3) is 21.1 Å². The van der Waals surface area contributed by atoms with Crippen LogP contribution < -0.4 is 5.56 Å². The Morgan fingerprint density at radius 2 is 1.86 bits per heavy atom. The van der Waals surface area contributed by atoms with Crippen molar-refractivity contribution in [2.75, 3.05) is 0 Å². The molecule has 29 heavy (non-hydrogen) atoms. The molecule has 0 bridgehead atoms. The normalized spacial score (nSPS) is 11.4. The fourth-order valence-corrected chi connectivity index (χ4v) is 4.05. The van der Waals surface area contributed by atoms with Crippen molar-refractivity contribution in [1.29, 1.82) is 0 Å². The molecule has 0 unspecified atom stereocenters. The fourth-order valence-electron chi connectivity index (χ4n) is 3.10. The minimum atomic E-state index is -1.39. The van der Waals surface area contributed by atoms with Crippen molar-refractivity contribution in [3.63, 3.8) is 0 Å². The van der Waals surface area contributed by atoms with Crippen molar-refractivity contribution in [2.45, 2.75) is 13.0 Å². The number of rotatable bonds is 4. The van der Waals surface area contributed by atoms with Crippen LogP contribution in [0, 0.1) is 23.3 Å². The summed E-state index contributed by atoms with van der Waals surface area (Å²) in [7, 11) is 0. The van der Waals surface area contributed by atoms with Gasteiger partial charge in [0.15, 0.2) is 11.6 Å². The highest BCUT2D eigenvalue weighted by Gasteiger charge is 2.19. The van der Waals surface area contributed by atoms with Gasteiger partial charge < -0.3 is 9.67 Å². The maximum Gasteiger partial charge on any atom is 0.308 e. The summed E-state index contributed by atoms with van der Waals surface area (Å²) in [6, 6.07) is 5.57. The van der Waals surface area contributed by atoms with Crippen molar-refractivity contribution in [1.82, 2.24) is 9.55 Å². The summed E-state index contributed by atoms with van der Waals surface area (Å²) in [5.41, 5.74) is -1.19. The average Bonchev–Trinajstić information content (AvgIpc) is 3.08. The molecule has 10 heteroatoms. The highest BCUT2D eigenvalue weighted by molar-refractivity contribution is 7.18. The van der Waals surface area contributed by atoms with Crippen LogP contribution in [0.5, 0.6) is 0 Å². The van der Waals surface area contributed by atoms with Crippen LogP contribution in [0.4, 0.5) is 17.6 Å². The topological polar surface area (TPSA) is 72.2 Å². The zero-order valence-electron chi connectivity index (χ0n) is 14.4. The minimum Gasteiger partial charge on any atom is -0.481 e. The predicted molar refractivity (Wildman–Crippen MR) is 98.1 cm³/mol. The molecule has 1 N–H and O–H groups in total. The van der Waals surface area contributed by atoms with E-state index in [1.54, 1.807) is 0 Å².